The molecule has 142 valence electrons. The number of halogens is 1. The lowest BCUT2D eigenvalue weighted by Gasteiger charge is -2.29. The number of benzene rings is 2. The summed E-state index contributed by atoms with van der Waals surface area (Å²) in [6.07, 6.45) is 2.61. The summed E-state index contributed by atoms with van der Waals surface area (Å²) < 4.78 is 25.3. The molecule has 3 rings (SSSR count). The molecule has 0 radical (unpaired) electrons. The number of sulfonamides is 1. The molecule has 1 aliphatic rings. The van der Waals surface area contributed by atoms with Gasteiger partial charge in [0.2, 0.25) is 10.0 Å². The van der Waals surface area contributed by atoms with Crippen LogP contribution in [0.25, 0.3) is 0 Å². The van der Waals surface area contributed by atoms with E-state index in [2.05, 4.69) is 5.32 Å². The van der Waals surface area contributed by atoms with E-state index in [1.807, 2.05) is 0 Å². The standard InChI is InChI=1S/C17H16ClN3O5S/c1-27(25,26)20-8-2-3-11-4-6-13(10-15(11)20)19-17(22)12-5-7-14(18)16(9-12)21(23)24/h4-7,9-10H,2-3,8H2,1H3,(H,19,22). The summed E-state index contributed by atoms with van der Waals surface area (Å²) in [7, 11) is -3.43. The topological polar surface area (TPSA) is 110 Å². The maximum atomic E-state index is 12.4. The summed E-state index contributed by atoms with van der Waals surface area (Å²) in [6.45, 7) is 0.382. The Morgan fingerprint density at radius 2 is 2.00 bits per heavy atom. The molecule has 10 heteroatoms. The van der Waals surface area contributed by atoms with Crippen molar-refractivity contribution in [1.82, 2.24) is 0 Å². The minimum Gasteiger partial charge on any atom is -0.322 e. The number of hydrogen-bond acceptors (Lipinski definition) is 5. The van der Waals surface area contributed by atoms with Gasteiger partial charge in [0.15, 0.2) is 0 Å². The van der Waals surface area contributed by atoms with Crippen LogP contribution in [-0.2, 0) is 16.4 Å². The number of anilines is 2. The Morgan fingerprint density at radius 3 is 2.67 bits per heavy atom. The highest BCUT2D eigenvalue weighted by atomic mass is 35.5. The molecule has 0 atom stereocenters. The number of nitrogens with zero attached hydrogens (tertiary/aromatic N) is 2. The van der Waals surface area contributed by atoms with Crippen molar-refractivity contribution in [2.24, 2.45) is 0 Å². The number of hydrogen-bond donors (Lipinski definition) is 1. The molecule has 1 aliphatic heterocycles. The Kier molecular flexibility index (Phi) is 5.07. The molecule has 0 aliphatic carbocycles. The van der Waals surface area contributed by atoms with Gasteiger partial charge in [0.1, 0.15) is 5.02 Å². The lowest BCUT2D eigenvalue weighted by molar-refractivity contribution is -0.384. The van der Waals surface area contributed by atoms with Crippen molar-refractivity contribution >= 4 is 44.6 Å². The summed E-state index contributed by atoms with van der Waals surface area (Å²) in [4.78, 5) is 22.7. The summed E-state index contributed by atoms with van der Waals surface area (Å²) in [5.74, 6) is -0.559. The van der Waals surface area contributed by atoms with Crippen molar-refractivity contribution in [2.45, 2.75) is 12.8 Å². The third-order valence-electron chi connectivity index (χ3n) is 4.22. The second-order valence-corrected chi connectivity index (χ2v) is 8.47. The number of fused-ring (bicyclic) bond motifs is 1. The smallest absolute Gasteiger partial charge is 0.288 e. The van der Waals surface area contributed by atoms with Crippen LogP contribution in [0.15, 0.2) is 36.4 Å². The predicted octanol–water partition coefficient (Wildman–Crippen LogP) is 3.21. The van der Waals surface area contributed by atoms with Gasteiger partial charge in [0.05, 0.1) is 16.9 Å². The second-order valence-electron chi connectivity index (χ2n) is 6.16. The van der Waals surface area contributed by atoms with Gasteiger partial charge in [0, 0.05) is 23.9 Å². The zero-order valence-corrected chi connectivity index (χ0v) is 15.9. The van der Waals surface area contributed by atoms with E-state index in [1.54, 1.807) is 18.2 Å². The average Bonchev–Trinajstić information content (AvgIpc) is 2.60. The van der Waals surface area contributed by atoms with Gasteiger partial charge in [0.25, 0.3) is 11.6 Å². The van der Waals surface area contributed by atoms with E-state index in [0.29, 0.717) is 17.9 Å². The number of nitro benzene ring substituents is 1. The zero-order chi connectivity index (χ0) is 19.8. The molecule has 27 heavy (non-hydrogen) atoms. The van der Waals surface area contributed by atoms with Crippen molar-refractivity contribution in [3.63, 3.8) is 0 Å². The molecule has 1 amide bonds. The van der Waals surface area contributed by atoms with Crippen LogP contribution in [0.4, 0.5) is 17.1 Å². The molecule has 0 unspecified atom stereocenters. The first-order valence-electron chi connectivity index (χ1n) is 8.03. The largest absolute Gasteiger partial charge is 0.322 e. The highest BCUT2D eigenvalue weighted by Gasteiger charge is 2.24. The molecule has 0 fully saturated rings. The van der Waals surface area contributed by atoms with Crippen LogP contribution in [0.3, 0.4) is 0 Å². The van der Waals surface area contributed by atoms with Crippen LogP contribution in [0.2, 0.25) is 5.02 Å². The second kappa shape index (κ2) is 7.16. The van der Waals surface area contributed by atoms with Crippen LogP contribution in [0.1, 0.15) is 22.3 Å². The molecule has 0 aromatic heterocycles. The Labute approximate surface area is 160 Å². The number of amides is 1. The van der Waals surface area contributed by atoms with Crippen LogP contribution in [-0.4, -0.2) is 32.0 Å². The molecule has 2 aromatic carbocycles. The van der Waals surface area contributed by atoms with E-state index in [0.717, 1.165) is 30.7 Å². The number of carbonyl (C=O) groups excluding carboxylic acids is 1. The molecule has 8 nitrogen and oxygen atoms in total. The van der Waals surface area contributed by atoms with E-state index >= 15 is 0 Å². The highest BCUT2D eigenvalue weighted by Crippen LogP contribution is 2.32. The lowest BCUT2D eigenvalue weighted by Crippen LogP contribution is -2.34. The van der Waals surface area contributed by atoms with Crippen LogP contribution < -0.4 is 9.62 Å². The van der Waals surface area contributed by atoms with E-state index in [1.165, 1.54) is 16.4 Å². The average molecular weight is 410 g/mol. The number of carbonyl (C=O) groups is 1. The predicted molar refractivity (Wildman–Crippen MR) is 103 cm³/mol. The first-order valence-corrected chi connectivity index (χ1v) is 10.3. The number of nitrogens with one attached hydrogen (secondary N) is 1. The fourth-order valence-corrected chi connectivity index (χ4v) is 4.13. The van der Waals surface area contributed by atoms with Gasteiger partial charge in [-0.3, -0.25) is 19.2 Å². The fourth-order valence-electron chi connectivity index (χ4n) is 2.96. The summed E-state index contributed by atoms with van der Waals surface area (Å²) >= 11 is 5.76. The first-order chi connectivity index (χ1) is 12.7. The molecule has 1 heterocycles. The van der Waals surface area contributed by atoms with Crippen molar-refractivity contribution < 1.29 is 18.1 Å². The third kappa shape index (κ3) is 4.04. The third-order valence-corrected chi connectivity index (χ3v) is 5.72. The van der Waals surface area contributed by atoms with Crippen LogP contribution in [0, 0.1) is 10.1 Å². The number of rotatable bonds is 4. The van der Waals surface area contributed by atoms with Crippen LogP contribution in [0.5, 0.6) is 0 Å². The van der Waals surface area contributed by atoms with Gasteiger partial charge in [-0.25, -0.2) is 8.42 Å². The van der Waals surface area contributed by atoms with Crippen molar-refractivity contribution in [3.8, 4) is 0 Å². The van der Waals surface area contributed by atoms with Gasteiger partial charge >= 0.3 is 0 Å². The van der Waals surface area contributed by atoms with Gasteiger partial charge in [-0.05, 0) is 42.7 Å². The molecule has 1 N–H and O–H groups in total. The van der Waals surface area contributed by atoms with E-state index in [4.69, 9.17) is 11.6 Å². The van der Waals surface area contributed by atoms with Crippen molar-refractivity contribution in [3.05, 3.63) is 62.7 Å². The van der Waals surface area contributed by atoms with Gasteiger partial charge in [-0.15, -0.1) is 0 Å². The lowest BCUT2D eigenvalue weighted by atomic mass is 10.0. The maximum absolute atomic E-state index is 12.4. The van der Waals surface area contributed by atoms with Crippen molar-refractivity contribution in [2.75, 3.05) is 22.4 Å². The minimum atomic E-state index is -3.43. The number of aryl methyl sites for hydroxylation is 1. The molecule has 0 saturated heterocycles. The van der Waals surface area contributed by atoms with Gasteiger partial charge in [-0.1, -0.05) is 17.7 Å². The normalized spacial score (nSPS) is 13.8. The summed E-state index contributed by atoms with van der Waals surface area (Å²) in [6, 6.07) is 8.80. The number of nitro groups is 1. The first kappa shape index (κ1) is 19.1. The van der Waals surface area contributed by atoms with E-state index < -0.39 is 20.9 Å². The molecule has 2 aromatic rings. The zero-order valence-electron chi connectivity index (χ0n) is 14.3. The van der Waals surface area contributed by atoms with E-state index in [-0.39, 0.29) is 16.3 Å². The maximum Gasteiger partial charge on any atom is 0.288 e. The highest BCUT2D eigenvalue weighted by molar-refractivity contribution is 7.92. The Morgan fingerprint density at radius 1 is 1.26 bits per heavy atom. The van der Waals surface area contributed by atoms with E-state index in [9.17, 15) is 23.3 Å². The summed E-state index contributed by atoms with van der Waals surface area (Å²) in [5, 5.41) is 13.6. The van der Waals surface area contributed by atoms with Gasteiger partial charge < -0.3 is 5.32 Å². The Hall–Kier alpha value is -2.65. The fraction of sp³-hybridized carbons (Fsp3) is 0.235. The molecular formula is C17H16ClN3O5S. The Balaban J connectivity index is 1.90. The Bertz CT molecular complexity index is 1040. The minimum absolute atomic E-state index is 0.0610. The summed E-state index contributed by atoms with van der Waals surface area (Å²) in [5.41, 5.74) is 1.52. The molecule has 0 saturated carbocycles. The van der Waals surface area contributed by atoms with Crippen LogP contribution >= 0.6 is 11.6 Å². The molecule has 0 bridgehead atoms. The van der Waals surface area contributed by atoms with Crippen molar-refractivity contribution in [1.29, 1.82) is 0 Å². The molecular weight excluding hydrogens is 394 g/mol. The quantitative estimate of drug-likeness (QED) is 0.615. The SMILES string of the molecule is CS(=O)(=O)N1CCCc2ccc(NC(=O)c3ccc(Cl)c([N+](=O)[O-])c3)cc21. The molecule has 0 spiro atoms. The van der Waals surface area contributed by atoms with Gasteiger partial charge in [-0.2, -0.15) is 0 Å². The monoisotopic (exact) mass is 409 g/mol.